The number of nitrogens with one attached hydrogen (secondary N) is 1. The van der Waals surface area contributed by atoms with Gasteiger partial charge in [0, 0.05) is 18.8 Å². The van der Waals surface area contributed by atoms with Gasteiger partial charge in [-0.3, -0.25) is 9.36 Å². The van der Waals surface area contributed by atoms with E-state index in [1.54, 1.807) is 37.4 Å². The van der Waals surface area contributed by atoms with Gasteiger partial charge in [0.15, 0.2) is 5.58 Å². The van der Waals surface area contributed by atoms with Gasteiger partial charge in [-0.2, -0.15) is 0 Å². The molecule has 1 unspecified atom stereocenters. The average Bonchev–Trinajstić information content (AvgIpc) is 2.84. The molecule has 124 valence electrons. The smallest absolute Gasteiger partial charge is 0.408 e. The number of anilines is 1. The fourth-order valence-corrected chi connectivity index (χ4v) is 2.71. The Labute approximate surface area is 137 Å². The summed E-state index contributed by atoms with van der Waals surface area (Å²) in [6.45, 7) is 1.90. The molecule has 2 aromatic carbocycles. The third kappa shape index (κ3) is 2.95. The van der Waals surface area contributed by atoms with Crippen molar-refractivity contribution >= 4 is 22.7 Å². The lowest BCUT2D eigenvalue weighted by Crippen LogP contribution is -2.20. The van der Waals surface area contributed by atoms with E-state index in [1.807, 2.05) is 6.92 Å². The van der Waals surface area contributed by atoms with Crippen molar-refractivity contribution < 1.29 is 13.6 Å². The van der Waals surface area contributed by atoms with E-state index in [9.17, 15) is 14.0 Å². The summed E-state index contributed by atoms with van der Waals surface area (Å²) in [6, 6.07) is 11.0. The fraction of sp³-hybridized carbons (Fsp3) is 0.222. The minimum atomic E-state index is -0.453. The van der Waals surface area contributed by atoms with Crippen molar-refractivity contribution in [2.45, 2.75) is 19.3 Å². The summed E-state index contributed by atoms with van der Waals surface area (Å²) in [4.78, 5) is 24.1. The molecule has 1 atom stereocenters. The van der Waals surface area contributed by atoms with Crippen molar-refractivity contribution in [3.8, 4) is 0 Å². The first kappa shape index (κ1) is 16.0. The molecule has 0 radical (unpaired) electrons. The van der Waals surface area contributed by atoms with Gasteiger partial charge in [-0.25, -0.2) is 9.18 Å². The van der Waals surface area contributed by atoms with Crippen LogP contribution in [0.1, 0.15) is 24.8 Å². The summed E-state index contributed by atoms with van der Waals surface area (Å²) in [6.07, 6.45) is 0.583. The number of carbonyl (C=O) groups excluding carboxylic acids is 1. The van der Waals surface area contributed by atoms with Gasteiger partial charge in [-0.05, 0) is 36.2 Å². The zero-order chi connectivity index (χ0) is 17.3. The number of halogens is 1. The van der Waals surface area contributed by atoms with Crippen LogP contribution in [0.5, 0.6) is 0 Å². The SMILES string of the molecule is CCC(C(=O)Nc1ccc2c(c1)oc(=O)n2C)c1ccc(F)cc1. The molecule has 0 fully saturated rings. The molecule has 0 bridgehead atoms. The molecule has 0 saturated carbocycles. The molecule has 24 heavy (non-hydrogen) atoms. The summed E-state index contributed by atoms with van der Waals surface area (Å²) in [5.74, 6) is -1.37. The standard InChI is InChI=1S/C18H17FN2O3/c1-3-14(11-4-6-12(19)7-5-11)17(22)20-13-8-9-15-16(10-13)24-18(23)21(15)2/h4-10,14H,3H2,1-2H3,(H,20,22). The number of carbonyl (C=O) groups is 1. The predicted molar refractivity (Wildman–Crippen MR) is 89.5 cm³/mol. The first-order valence-corrected chi connectivity index (χ1v) is 7.65. The normalized spacial score (nSPS) is 12.3. The molecule has 0 aliphatic carbocycles. The number of hydrogen-bond acceptors (Lipinski definition) is 3. The molecule has 0 aliphatic rings. The molecule has 0 spiro atoms. The van der Waals surface area contributed by atoms with Crippen LogP contribution in [0.2, 0.25) is 0 Å². The van der Waals surface area contributed by atoms with Crippen molar-refractivity contribution in [1.82, 2.24) is 4.57 Å². The predicted octanol–water partition coefficient (Wildman–Crippen LogP) is 3.40. The van der Waals surface area contributed by atoms with Crippen LogP contribution in [0.25, 0.3) is 11.1 Å². The molecular formula is C18H17FN2O3. The maximum atomic E-state index is 13.0. The van der Waals surface area contributed by atoms with Crippen LogP contribution in [0, 0.1) is 5.82 Å². The highest BCUT2D eigenvalue weighted by Gasteiger charge is 2.19. The Morgan fingerprint density at radius 1 is 1.25 bits per heavy atom. The first-order chi connectivity index (χ1) is 11.5. The van der Waals surface area contributed by atoms with Crippen molar-refractivity contribution in [2.75, 3.05) is 5.32 Å². The second-order valence-corrected chi connectivity index (χ2v) is 5.61. The van der Waals surface area contributed by atoms with Crippen LogP contribution < -0.4 is 11.1 Å². The van der Waals surface area contributed by atoms with Crippen LogP contribution in [0.3, 0.4) is 0 Å². The van der Waals surface area contributed by atoms with E-state index in [0.717, 1.165) is 5.56 Å². The van der Waals surface area contributed by atoms with Crippen LogP contribution in [0.4, 0.5) is 10.1 Å². The maximum Gasteiger partial charge on any atom is 0.419 e. The molecule has 1 heterocycles. The zero-order valence-electron chi connectivity index (χ0n) is 13.4. The fourth-order valence-electron chi connectivity index (χ4n) is 2.71. The lowest BCUT2D eigenvalue weighted by molar-refractivity contribution is -0.117. The van der Waals surface area contributed by atoms with Gasteiger partial charge in [0.1, 0.15) is 5.82 Å². The molecule has 1 amide bonds. The number of aromatic nitrogens is 1. The Morgan fingerprint density at radius 3 is 2.62 bits per heavy atom. The summed E-state index contributed by atoms with van der Waals surface area (Å²) >= 11 is 0. The van der Waals surface area contributed by atoms with E-state index < -0.39 is 5.76 Å². The molecule has 3 aromatic rings. The third-order valence-corrected chi connectivity index (χ3v) is 4.06. The summed E-state index contributed by atoms with van der Waals surface area (Å²) < 4.78 is 19.6. The number of hydrogen-bond donors (Lipinski definition) is 1. The van der Waals surface area contributed by atoms with E-state index in [-0.39, 0.29) is 17.6 Å². The Balaban J connectivity index is 1.85. The lowest BCUT2D eigenvalue weighted by Gasteiger charge is -2.15. The second-order valence-electron chi connectivity index (χ2n) is 5.61. The van der Waals surface area contributed by atoms with Crippen LogP contribution >= 0.6 is 0 Å². The minimum Gasteiger partial charge on any atom is -0.408 e. The van der Waals surface area contributed by atoms with Gasteiger partial charge in [0.05, 0.1) is 11.4 Å². The van der Waals surface area contributed by atoms with Gasteiger partial charge in [-0.15, -0.1) is 0 Å². The molecule has 0 saturated heterocycles. The van der Waals surface area contributed by atoms with E-state index in [0.29, 0.717) is 23.2 Å². The number of aryl methyl sites for hydroxylation is 1. The highest BCUT2D eigenvalue weighted by Crippen LogP contribution is 2.23. The van der Waals surface area contributed by atoms with Gasteiger partial charge >= 0.3 is 5.76 Å². The summed E-state index contributed by atoms with van der Waals surface area (Å²) in [5, 5.41) is 2.82. The van der Waals surface area contributed by atoms with Crippen molar-refractivity contribution in [2.24, 2.45) is 7.05 Å². The highest BCUT2D eigenvalue weighted by molar-refractivity contribution is 5.97. The quantitative estimate of drug-likeness (QED) is 0.798. The monoisotopic (exact) mass is 328 g/mol. The van der Waals surface area contributed by atoms with Crippen LogP contribution in [0.15, 0.2) is 51.7 Å². The topological polar surface area (TPSA) is 64.2 Å². The maximum absolute atomic E-state index is 13.0. The Bertz CT molecular complexity index is 941. The lowest BCUT2D eigenvalue weighted by atomic mass is 9.95. The summed E-state index contributed by atoms with van der Waals surface area (Å²) in [7, 11) is 1.62. The molecule has 3 rings (SSSR count). The molecule has 0 aliphatic heterocycles. The molecule has 6 heteroatoms. The van der Waals surface area contributed by atoms with E-state index in [2.05, 4.69) is 5.32 Å². The minimum absolute atomic E-state index is 0.193. The van der Waals surface area contributed by atoms with Crippen molar-refractivity contribution in [3.63, 3.8) is 0 Å². The number of oxazole rings is 1. The van der Waals surface area contributed by atoms with Gasteiger partial charge in [0.25, 0.3) is 0 Å². The number of fused-ring (bicyclic) bond motifs is 1. The second kappa shape index (κ2) is 6.31. The van der Waals surface area contributed by atoms with Gasteiger partial charge < -0.3 is 9.73 Å². The Hall–Kier alpha value is -2.89. The number of amides is 1. The average molecular weight is 328 g/mol. The van der Waals surface area contributed by atoms with Gasteiger partial charge in [0.2, 0.25) is 5.91 Å². The zero-order valence-corrected chi connectivity index (χ0v) is 13.4. The molecule has 1 aromatic heterocycles. The Morgan fingerprint density at radius 2 is 1.96 bits per heavy atom. The molecule has 5 nitrogen and oxygen atoms in total. The molecular weight excluding hydrogens is 311 g/mol. The van der Waals surface area contributed by atoms with Crippen molar-refractivity contribution in [1.29, 1.82) is 0 Å². The molecule has 1 N–H and O–H groups in total. The van der Waals surface area contributed by atoms with Crippen LogP contribution in [-0.4, -0.2) is 10.5 Å². The van der Waals surface area contributed by atoms with E-state index >= 15 is 0 Å². The number of rotatable bonds is 4. The van der Waals surface area contributed by atoms with E-state index in [4.69, 9.17) is 4.42 Å². The Kier molecular flexibility index (Phi) is 4.20. The number of benzene rings is 2. The third-order valence-electron chi connectivity index (χ3n) is 4.06. The van der Waals surface area contributed by atoms with Crippen molar-refractivity contribution in [3.05, 3.63) is 64.4 Å². The largest absolute Gasteiger partial charge is 0.419 e. The number of nitrogens with zero attached hydrogens (tertiary/aromatic N) is 1. The van der Waals surface area contributed by atoms with Gasteiger partial charge in [-0.1, -0.05) is 19.1 Å². The highest BCUT2D eigenvalue weighted by atomic mass is 19.1. The first-order valence-electron chi connectivity index (χ1n) is 7.65. The summed E-state index contributed by atoms with van der Waals surface area (Å²) in [5.41, 5.74) is 2.37. The van der Waals surface area contributed by atoms with Crippen LogP contribution in [-0.2, 0) is 11.8 Å². The van der Waals surface area contributed by atoms with E-state index in [1.165, 1.54) is 16.7 Å².